The Morgan fingerprint density at radius 1 is 1.36 bits per heavy atom. The number of rotatable bonds is 3. The van der Waals surface area contributed by atoms with Crippen molar-refractivity contribution in [2.75, 3.05) is 11.9 Å². The predicted octanol–water partition coefficient (Wildman–Crippen LogP) is 2.32. The number of halogens is 1. The molecular formula is C12H14BrN. The molecular weight excluding hydrogens is 238 g/mol. The summed E-state index contributed by atoms with van der Waals surface area (Å²) in [6.45, 7) is 0.693. The molecule has 0 radical (unpaired) electrons. The van der Waals surface area contributed by atoms with Gasteiger partial charge in [-0.2, -0.15) is 0 Å². The topological polar surface area (TPSA) is 26.0 Å². The Balaban J connectivity index is 2.69. The third-order valence-electron chi connectivity index (χ3n) is 1.81. The summed E-state index contributed by atoms with van der Waals surface area (Å²) in [5.74, 6) is 6.22. The van der Waals surface area contributed by atoms with Crippen molar-refractivity contribution in [1.82, 2.24) is 0 Å². The Morgan fingerprint density at radius 3 is 2.93 bits per heavy atom. The zero-order valence-electron chi connectivity index (χ0n) is 8.09. The highest BCUT2D eigenvalue weighted by Crippen LogP contribution is 2.04. The predicted molar refractivity (Wildman–Crippen MR) is 64.5 cm³/mol. The molecule has 0 aliphatic rings. The van der Waals surface area contributed by atoms with Gasteiger partial charge in [0.1, 0.15) is 0 Å². The van der Waals surface area contributed by atoms with E-state index in [0.717, 1.165) is 23.7 Å². The van der Waals surface area contributed by atoms with Gasteiger partial charge >= 0.3 is 0 Å². The summed E-state index contributed by atoms with van der Waals surface area (Å²) in [6.07, 6.45) is 1.81. The molecule has 2 heteroatoms. The van der Waals surface area contributed by atoms with Gasteiger partial charge in [-0.25, -0.2) is 0 Å². The van der Waals surface area contributed by atoms with Gasteiger partial charge in [-0.05, 0) is 30.7 Å². The highest BCUT2D eigenvalue weighted by molar-refractivity contribution is 9.09. The Kier molecular flexibility index (Phi) is 5.36. The molecule has 1 rings (SSSR count). The van der Waals surface area contributed by atoms with Crippen LogP contribution >= 0.6 is 15.9 Å². The molecule has 2 N–H and O–H groups in total. The monoisotopic (exact) mass is 251 g/mol. The van der Waals surface area contributed by atoms with Crippen LogP contribution in [0.25, 0.3) is 0 Å². The first kappa shape index (κ1) is 11.3. The van der Waals surface area contributed by atoms with Crippen molar-refractivity contribution in [3.8, 4) is 11.8 Å². The average molecular weight is 252 g/mol. The molecule has 0 spiro atoms. The molecule has 0 heterocycles. The lowest BCUT2D eigenvalue weighted by Gasteiger charge is -1.98. The van der Waals surface area contributed by atoms with Crippen molar-refractivity contribution in [2.24, 2.45) is 5.73 Å². The molecule has 0 fully saturated rings. The summed E-state index contributed by atoms with van der Waals surface area (Å²) in [7, 11) is 0. The molecule has 0 saturated carbocycles. The third-order valence-corrected chi connectivity index (χ3v) is 2.21. The van der Waals surface area contributed by atoms with E-state index in [1.165, 1.54) is 5.56 Å². The van der Waals surface area contributed by atoms with Crippen LogP contribution in [-0.4, -0.2) is 11.9 Å². The maximum Gasteiger partial charge on any atom is 0.0247 e. The van der Waals surface area contributed by atoms with E-state index in [4.69, 9.17) is 5.73 Å². The van der Waals surface area contributed by atoms with Gasteiger partial charge in [0.25, 0.3) is 0 Å². The molecule has 1 aromatic carbocycles. The molecule has 14 heavy (non-hydrogen) atoms. The van der Waals surface area contributed by atoms with Gasteiger partial charge in [0.05, 0.1) is 0 Å². The molecule has 0 bridgehead atoms. The number of benzene rings is 1. The average Bonchev–Trinajstić information content (AvgIpc) is 2.19. The first-order valence-corrected chi connectivity index (χ1v) is 5.83. The number of hydrogen-bond acceptors (Lipinski definition) is 1. The third kappa shape index (κ3) is 3.95. The largest absolute Gasteiger partial charge is 0.330 e. The van der Waals surface area contributed by atoms with Crippen molar-refractivity contribution in [1.29, 1.82) is 0 Å². The van der Waals surface area contributed by atoms with Gasteiger partial charge < -0.3 is 5.73 Å². The molecule has 0 saturated heterocycles. The SMILES string of the molecule is NCCc1cccc(C#CCCBr)c1. The summed E-state index contributed by atoms with van der Waals surface area (Å²) < 4.78 is 0. The van der Waals surface area contributed by atoms with E-state index in [2.05, 4.69) is 39.9 Å². The molecule has 0 aliphatic heterocycles. The van der Waals surface area contributed by atoms with Crippen LogP contribution in [0.15, 0.2) is 24.3 Å². The molecule has 1 aromatic rings. The fourth-order valence-corrected chi connectivity index (χ4v) is 1.38. The second-order valence-electron chi connectivity index (χ2n) is 2.98. The number of hydrogen-bond donors (Lipinski definition) is 1. The molecule has 74 valence electrons. The van der Waals surface area contributed by atoms with Crippen molar-refractivity contribution in [2.45, 2.75) is 12.8 Å². The second-order valence-corrected chi connectivity index (χ2v) is 3.77. The molecule has 0 aliphatic carbocycles. The standard InChI is InChI=1S/C12H14BrN/c13-8-2-1-4-11-5-3-6-12(10-11)7-9-14/h3,5-6,10H,2,7-9,14H2. The van der Waals surface area contributed by atoms with Gasteiger partial charge in [0, 0.05) is 17.3 Å². The Labute approximate surface area is 93.8 Å². The minimum absolute atomic E-state index is 0.693. The van der Waals surface area contributed by atoms with E-state index in [-0.39, 0.29) is 0 Å². The summed E-state index contributed by atoms with van der Waals surface area (Å²) in [6, 6.07) is 8.25. The van der Waals surface area contributed by atoms with E-state index < -0.39 is 0 Å². The Hall–Kier alpha value is -0.780. The van der Waals surface area contributed by atoms with Crippen LogP contribution in [0, 0.1) is 11.8 Å². The lowest BCUT2D eigenvalue weighted by molar-refractivity contribution is 0.968. The smallest absolute Gasteiger partial charge is 0.0247 e. The van der Waals surface area contributed by atoms with Gasteiger partial charge in [-0.1, -0.05) is 39.9 Å². The van der Waals surface area contributed by atoms with Crippen molar-refractivity contribution >= 4 is 15.9 Å². The van der Waals surface area contributed by atoms with Crippen LogP contribution in [0.1, 0.15) is 17.5 Å². The normalized spacial score (nSPS) is 9.29. The van der Waals surface area contributed by atoms with Gasteiger partial charge in [-0.15, -0.1) is 0 Å². The van der Waals surface area contributed by atoms with E-state index in [9.17, 15) is 0 Å². The van der Waals surface area contributed by atoms with Gasteiger partial charge in [0.15, 0.2) is 0 Å². The quantitative estimate of drug-likeness (QED) is 0.648. The van der Waals surface area contributed by atoms with Crippen LogP contribution in [-0.2, 0) is 6.42 Å². The van der Waals surface area contributed by atoms with E-state index >= 15 is 0 Å². The molecule has 0 unspecified atom stereocenters. The molecule has 1 nitrogen and oxygen atoms in total. The zero-order valence-corrected chi connectivity index (χ0v) is 9.68. The second kappa shape index (κ2) is 6.64. The maximum atomic E-state index is 5.49. The van der Waals surface area contributed by atoms with E-state index in [0.29, 0.717) is 6.54 Å². The molecule has 0 amide bonds. The zero-order chi connectivity index (χ0) is 10.2. The van der Waals surface area contributed by atoms with Crippen LogP contribution in [0.2, 0.25) is 0 Å². The van der Waals surface area contributed by atoms with Crippen LogP contribution in [0.5, 0.6) is 0 Å². The maximum absolute atomic E-state index is 5.49. The summed E-state index contributed by atoms with van der Waals surface area (Å²) in [4.78, 5) is 0. The first-order chi connectivity index (χ1) is 6.86. The molecule has 0 atom stereocenters. The van der Waals surface area contributed by atoms with E-state index in [1.807, 2.05) is 12.1 Å². The van der Waals surface area contributed by atoms with Crippen molar-refractivity contribution in [3.63, 3.8) is 0 Å². The van der Waals surface area contributed by atoms with Gasteiger partial charge in [-0.3, -0.25) is 0 Å². The lowest BCUT2D eigenvalue weighted by Crippen LogP contribution is -2.02. The molecule has 0 aromatic heterocycles. The highest BCUT2D eigenvalue weighted by Gasteiger charge is 1.91. The van der Waals surface area contributed by atoms with E-state index in [1.54, 1.807) is 0 Å². The lowest BCUT2D eigenvalue weighted by atomic mass is 10.1. The van der Waals surface area contributed by atoms with Crippen molar-refractivity contribution < 1.29 is 0 Å². The fourth-order valence-electron chi connectivity index (χ4n) is 1.18. The Morgan fingerprint density at radius 2 is 2.21 bits per heavy atom. The fraction of sp³-hybridized carbons (Fsp3) is 0.333. The highest BCUT2D eigenvalue weighted by atomic mass is 79.9. The van der Waals surface area contributed by atoms with Crippen LogP contribution in [0.3, 0.4) is 0 Å². The van der Waals surface area contributed by atoms with Crippen molar-refractivity contribution in [3.05, 3.63) is 35.4 Å². The minimum atomic E-state index is 0.693. The summed E-state index contributed by atoms with van der Waals surface area (Å²) >= 11 is 3.34. The van der Waals surface area contributed by atoms with Crippen LogP contribution < -0.4 is 5.73 Å². The first-order valence-electron chi connectivity index (χ1n) is 4.70. The number of nitrogens with two attached hydrogens (primary N) is 1. The van der Waals surface area contributed by atoms with Crippen LogP contribution in [0.4, 0.5) is 0 Å². The van der Waals surface area contributed by atoms with Gasteiger partial charge in [0.2, 0.25) is 0 Å². The summed E-state index contributed by atoms with van der Waals surface area (Å²) in [5, 5.41) is 0.933. The minimum Gasteiger partial charge on any atom is -0.330 e. The summed E-state index contributed by atoms with van der Waals surface area (Å²) in [5.41, 5.74) is 7.83. The Bertz CT molecular complexity index is 336. The number of alkyl halides is 1.